The number of benzene rings is 1. The quantitative estimate of drug-likeness (QED) is 0.838. The number of halogens is 1. The SMILES string of the molecule is CC(NC(=O)OC(C)(C)C)C(=O)N1CCCC1c1ccc(Br)cc1. The Morgan fingerprint density at radius 3 is 2.50 bits per heavy atom. The minimum Gasteiger partial charge on any atom is -0.444 e. The first-order valence-electron chi connectivity index (χ1n) is 8.23. The van der Waals surface area contributed by atoms with Gasteiger partial charge in [0.2, 0.25) is 5.91 Å². The van der Waals surface area contributed by atoms with Gasteiger partial charge >= 0.3 is 6.09 Å². The predicted octanol–water partition coefficient (Wildman–Crippen LogP) is 4.03. The fourth-order valence-corrected chi connectivity index (χ4v) is 3.12. The van der Waals surface area contributed by atoms with Crippen LogP contribution in [0, 0.1) is 0 Å². The number of ether oxygens (including phenoxy) is 1. The fraction of sp³-hybridized carbons (Fsp3) is 0.556. The number of carbonyl (C=O) groups excluding carboxylic acids is 2. The lowest BCUT2D eigenvalue weighted by Crippen LogP contribution is -2.47. The van der Waals surface area contributed by atoms with Crippen LogP contribution in [0.4, 0.5) is 4.79 Å². The number of nitrogens with one attached hydrogen (secondary N) is 1. The molecule has 1 aliphatic heterocycles. The largest absolute Gasteiger partial charge is 0.444 e. The third kappa shape index (κ3) is 4.97. The van der Waals surface area contributed by atoms with Crippen LogP contribution in [0.2, 0.25) is 0 Å². The maximum Gasteiger partial charge on any atom is 0.408 e. The van der Waals surface area contributed by atoms with Crippen molar-refractivity contribution < 1.29 is 14.3 Å². The van der Waals surface area contributed by atoms with Crippen molar-refractivity contribution in [3.63, 3.8) is 0 Å². The standard InChI is InChI=1S/C18H25BrN2O3/c1-12(20-17(23)24-18(2,3)4)16(22)21-11-5-6-15(21)13-7-9-14(19)10-8-13/h7-10,12,15H,5-6,11H2,1-4H3,(H,20,23). The van der Waals surface area contributed by atoms with Crippen LogP contribution >= 0.6 is 15.9 Å². The van der Waals surface area contributed by atoms with E-state index in [-0.39, 0.29) is 11.9 Å². The van der Waals surface area contributed by atoms with Crippen molar-refractivity contribution in [2.75, 3.05) is 6.54 Å². The highest BCUT2D eigenvalue weighted by Crippen LogP contribution is 2.33. The molecular weight excluding hydrogens is 372 g/mol. The van der Waals surface area contributed by atoms with E-state index in [0.29, 0.717) is 6.54 Å². The molecule has 2 unspecified atom stereocenters. The molecule has 132 valence electrons. The maximum absolute atomic E-state index is 12.7. The lowest BCUT2D eigenvalue weighted by molar-refractivity contribution is -0.134. The first-order valence-corrected chi connectivity index (χ1v) is 9.02. The topological polar surface area (TPSA) is 58.6 Å². The van der Waals surface area contributed by atoms with E-state index >= 15 is 0 Å². The molecule has 1 N–H and O–H groups in total. The Labute approximate surface area is 151 Å². The van der Waals surface area contributed by atoms with E-state index < -0.39 is 17.7 Å². The fourth-order valence-electron chi connectivity index (χ4n) is 2.86. The molecule has 0 spiro atoms. The molecule has 2 rings (SSSR count). The highest BCUT2D eigenvalue weighted by atomic mass is 79.9. The van der Waals surface area contributed by atoms with Gasteiger partial charge in [-0.05, 0) is 58.2 Å². The Bertz CT molecular complexity index is 595. The lowest BCUT2D eigenvalue weighted by Gasteiger charge is -2.29. The van der Waals surface area contributed by atoms with E-state index in [0.717, 1.165) is 22.9 Å². The Hall–Kier alpha value is -1.56. The van der Waals surface area contributed by atoms with Gasteiger partial charge < -0.3 is 15.0 Å². The highest BCUT2D eigenvalue weighted by molar-refractivity contribution is 9.10. The van der Waals surface area contributed by atoms with Gasteiger partial charge in [0.25, 0.3) is 0 Å². The average molecular weight is 397 g/mol. The van der Waals surface area contributed by atoms with Gasteiger partial charge in [-0.2, -0.15) is 0 Å². The molecule has 5 nitrogen and oxygen atoms in total. The zero-order valence-electron chi connectivity index (χ0n) is 14.6. The van der Waals surface area contributed by atoms with Crippen LogP contribution in [0.3, 0.4) is 0 Å². The minimum atomic E-state index is -0.615. The van der Waals surface area contributed by atoms with E-state index in [1.807, 2.05) is 29.2 Å². The summed E-state index contributed by atoms with van der Waals surface area (Å²) >= 11 is 3.43. The lowest BCUT2D eigenvalue weighted by atomic mass is 10.0. The normalized spacial score (nSPS) is 19.0. The van der Waals surface area contributed by atoms with Crippen LogP contribution in [0.1, 0.15) is 52.1 Å². The second kappa shape index (κ2) is 7.55. The maximum atomic E-state index is 12.7. The molecule has 6 heteroatoms. The van der Waals surface area contributed by atoms with E-state index in [1.54, 1.807) is 27.7 Å². The zero-order valence-corrected chi connectivity index (χ0v) is 16.2. The first-order chi connectivity index (χ1) is 11.2. The van der Waals surface area contributed by atoms with Crippen LogP contribution in [-0.4, -0.2) is 35.1 Å². The van der Waals surface area contributed by atoms with Crippen LogP contribution in [0.25, 0.3) is 0 Å². The Morgan fingerprint density at radius 2 is 1.92 bits per heavy atom. The summed E-state index contributed by atoms with van der Waals surface area (Å²) in [5.74, 6) is -0.0775. The van der Waals surface area contributed by atoms with Crippen LogP contribution in [0.5, 0.6) is 0 Å². The highest BCUT2D eigenvalue weighted by Gasteiger charge is 2.33. The molecule has 1 heterocycles. The van der Waals surface area contributed by atoms with Crippen LogP contribution in [-0.2, 0) is 9.53 Å². The van der Waals surface area contributed by atoms with Gasteiger partial charge in [0.1, 0.15) is 11.6 Å². The second-order valence-corrected chi connectivity index (χ2v) is 8.02. The number of carbonyl (C=O) groups is 2. The summed E-state index contributed by atoms with van der Waals surface area (Å²) in [6.07, 6.45) is 1.33. The molecule has 1 aromatic carbocycles. The third-order valence-electron chi connectivity index (χ3n) is 3.89. The van der Waals surface area contributed by atoms with Gasteiger partial charge in [-0.3, -0.25) is 4.79 Å². The van der Waals surface area contributed by atoms with Crippen molar-refractivity contribution in [2.45, 2.75) is 58.2 Å². The summed E-state index contributed by atoms with van der Waals surface area (Å²) in [6.45, 7) is 7.79. The van der Waals surface area contributed by atoms with Crippen molar-refractivity contribution in [3.05, 3.63) is 34.3 Å². The smallest absolute Gasteiger partial charge is 0.408 e. The Kier molecular flexibility index (Phi) is 5.91. The molecule has 2 atom stereocenters. The molecule has 0 aliphatic carbocycles. The van der Waals surface area contributed by atoms with Gasteiger partial charge in [0, 0.05) is 11.0 Å². The van der Waals surface area contributed by atoms with Gasteiger partial charge in [-0.15, -0.1) is 0 Å². The molecular formula is C18H25BrN2O3. The van der Waals surface area contributed by atoms with Gasteiger partial charge in [0.15, 0.2) is 0 Å². The molecule has 2 amide bonds. The third-order valence-corrected chi connectivity index (χ3v) is 4.42. The number of hydrogen-bond acceptors (Lipinski definition) is 3. The molecule has 24 heavy (non-hydrogen) atoms. The Morgan fingerprint density at radius 1 is 1.29 bits per heavy atom. The molecule has 1 saturated heterocycles. The molecule has 0 aromatic heterocycles. The monoisotopic (exact) mass is 396 g/mol. The number of rotatable bonds is 3. The summed E-state index contributed by atoms with van der Waals surface area (Å²) in [4.78, 5) is 26.5. The number of amides is 2. The van der Waals surface area contributed by atoms with Gasteiger partial charge in [-0.25, -0.2) is 4.79 Å². The molecule has 0 bridgehead atoms. The Balaban J connectivity index is 2.02. The summed E-state index contributed by atoms with van der Waals surface area (Å²) in [5.41, 5.74) is 0.536. The summed E-state index contributed by atoms with van der Waals surface area (Å²) < 4.78 is 6.24. The van der Waals surface area contributed by atoms with Crippen molar-refractivity contribution in [1.82, 2.24) is 10.2 Å². The van der Waals surface area contributed by atoms with Crippen molar-refractivity contribution in [2.24, 2.45) is 0 Å². The van der Waals surface area contributed by atoms with Crippen molar-refractivity contribution >= 4 is 27.9 Å². The number of nitrogens with zero attached hydrogens (tertiary/aromatic N) is 1. The molecule has 0 radical (unpaired) electrons. The van der Waals surface area contributed by atoms with Crippen LogP contribution < -0.4 is 5.32 Å². The molecule has 0 saturated carbocycles. The molecule has 1 aliphatic rings. The summed E-state index contributed by atoms with van der Waals surface area (Å²) in [7, 11) is 0. The van der Waals surface area contributed by atoms with Crippen molar-refractivity contribution in [1.29, 1.82) is 0 Å². The average Bonchev–Trinajstić information content (AvgIpc) is 2.94. The number of hydrogen-bond donors (Lipinski definition) is 1. The first kappa shape index (κ1) is 18.8. The molecule has 1 aromatic rings. The predicted molar refractivity (Wildman–Crippen MR) is 96.7 cm³/mol. The number of likely N-dealkylation sites (tertiary alicyclic amines) is 1. The van der Waals surface area contributed by atoms with E-state index in [1.165, 1.54) is 0 Å². The van der Waals surface area contributed by atoms with E-state index in [9.17, 15) is 9.59 Å². The van der Waals surface area contributed by atoms with Gasteiger partial charge in [-0.1, -0.05) is 28.1 Å². The minimum absolute atomic E-state index is 0.0634. The van der Waals surface area contributed by atoms with E-state index in [2.05, 4.69) is 21.2 Å². The zero-order chi connectivity index (χ0) is 17.9. The van der Waals surface area contributed by atoms with Gasteiger partial charge in [0.05, 0.1) is 6.04 Å². The van der Waals surface area contributed by atoms with Crippen molar-refractivity contribution in [3.8, 4) is 0 Å². The summed E-state index contributed by atoms with van der Waals surface area (Å²) in [5, 5.41) is 2.63. The summed E-state index contributed by atoms with van der Waals surface area (Å²) in [6, 6.07) is 7.49. The van der Waals surface area contributed by atoms with E-state index in [4.69, 9.17) is 4.74 Å². The second-order valence-electron chi connectivity index (χ2n) is 7.11. The van der Waals surface area contributed by atoms with Crippen LogP contribution in [0.15, 0.2) is 28.7 Å². The molecule has 1 fully saturated rings. The number of alkyl carbamates (subject to hydrolysis) is 1.